The minimum atomic E-state index is -2.81. The Balaban J connectivity index is 1.88. The van der Waals surface area contributed by atoms with Gasteiger partial charge in [0.05, 0.1) is 18.6 Å². The molecule has 2 saturated heterocycles. The molecule has 200 valence electrons. The number of benzene rings is 1. The van der Waals surface area contributed by atoms with E-state index in [1.165, 1.54) is 6.08 Å². The number of alkyl halides is 2. The highest BCUT2D eigenvalue weighted by Gasteiger charge is 2.53. The Hall–Kier alpha value is -2.65. The summed E-state index contributed by atoms with van der Waals surface area (Å²) < 4.78 is 27.6. The van der Waals surface area contributed by atoms with Crippen molar-refractivity contribution < 1.29 is 28.4 Å². The van der Waals surface area contributed by atoms with Crippen molar-refractivity contribution in [3.8, 4) is 6.07 Å². The number of nitrogens with zero attached hydrogens (tertiary/aromatic N) is 2. The van der Waals surface area contributed by atoms with Crippen LogP contribution >= 0.6 is 0 Å². The lowest BCUT2D eigenvalue weighted by Gasteiger charge is -2.36. The van der Waals surface area contributed by atoms with E-state index in [9.17, 15) is 33.7 Å². The molecule has 0 spiro atoms. The fourth-order valence-corrected chi connectivity index (χ4v) is 5.04. The van der Waals surface area contributed by atoms with Crippen LogP contribution in [0, 0.1) is 22.7 Å². The molecular weight excluding hydrogens is 481 g/mol. The number of nitrogens with one attached hydrogen (secondary N) is 2. The molecule has 3 atom stereocenters. The molecule has 0 bridgehead atoms. The molecule has 2 fully saturated rings. The summed E-state index contributed by atoms with van der Waals surface area (Å²) in [6.45, 7) is 4.06. The number of carbonyl (C=O) groups is 2. The van der Waals surface area contributed by atoms with Gasteiger partial charge in [-0.25, -0.2) is 8.78 Å². The van der Waals surface area contributed by atoms with Crippen molar-refractivity contribution >= 4 is 18.8 Å². The molecule has 4 N–H and O–H groups in total. The van der Waals surface area contributed by atoms with E-state index < -0.39 is 54.1 Å². The highest BCUT2D eigenvalue weighted by molar-refractivity contribution is 6.43. The van der Waals surface area contributed by atoms with Crippen molar-refractivity contribution in [2.24, 2.45) is 11.3 Å². The standard InChI is InChI=1S/C26H35BF2N4O4/c1-24(2,33-14-12-25(28,29)18-33)11-10-21(34)26(17-30,20-9-6-13-31-16-20)23(35)32-22(27(36)37)15-19-7-4-3-5-8-19/h3-5,7-8,10-11,20,22,31,36-37H,6,9,12-16,18H2,1-2H3,(H,32,35). The van der Waals surface area contributed by atoms with Gasteiger partial charge in [0.1, 0.15) is 0 Å². The summed E-state index contributed by atoms with van der Waals surface area (Å²) in [5.41, 5.74) is -2.30. The number of carbonyl (C=O) groups excluding carboxylic acids is 2. The molecule has 0 aliphatic carbocycles. The Morgan fingerprint density at radius 3 is 2.59 bits per heavy atom. The van der Waals surface area contributed by atoms with Crippen LogP contribution in [0.5, 0.6) is 0 Å². The minimum Gasteiger partial charge on any atom is -0.426 e. The lowest BCUT2D eigenvalue weighted by Crippen LogP contribution is -2.58. The van der Waals surface area contributed by atoms with Gasteiger partial charge in [0.15, 0.2) is 5.78 Å². The number of allylic oxidation sites excluding steroid dienone is 1. The van der Waals surface area contributed by atoms with Gasteiger partial charge in [-0.05, 0) is 51.3 Å². The number of ketones is 1. The van der Waals surface area contributed by atoms with Gasteiger partial charge in [-0.15, -0.1) is 0 Å². The average molecular weight is 516 g/mol. The van der Waals surface area contributed by atoms with Crippen LogP contribution in [0.3, 0.4) is 0 Å². The zero-order valence-electron chi connectivity index (χ0n) is 21.3. The third-order valence-electron chi connectivity index (χ3n) is 7.43. The maximum Gasteiger partial charge on any atom is 0.475 e. The quantitative estimate of drug-likeness (QED) is 0.211. The number of nitriles is 1. The van der Waals surface area contributed by atoms with Gasteiger partial charge in [0.25, 0.3) is 5.92 Å². The fourth-order valence-electron chi connectivity index (χ4n) is 5.04. The van der Waals surface area contributed by atoms with Crippen molar-refractivity contribution in [3.63, 3.8) is 0 Å². The Morgan fingerprint density at radius 2 is 2.05 bits per heavy atom. The Labute approximate surface area is 216 Å². The van der Waals surface area contributed by atoms with E-state index in [0.717, 1.165) is 11.6 Å². The monoisotopic (exact) mass is 516 g/mol. The lowest BCUT2D eigenvalue weighted by molar-refractivity contribution is -0.140. The normalized spacial score (nSPS) is 22.7. The molecule has 2 aliphatic rings. The van der Waals surface area contributed by atoms with Crippen LogP contribution in [0.2, 0.25) is 0 Å². The maximum absolute atomic E-state index is 13.8. The van der Waals surface area contributed by atoms with E-state index in [0.29, 0.717) is 19.4 Å². The van der Waals surface area contributed by atoms with Crippen molar-refractivity contribution in [2.75, 3.05) is 26.2 Å². The number of hydrogen-bond donors (Lipinski definition) is 4. The highest BCUT2D eigenvalue weighted by Crippen LogP contribution is 2.36. The number of piperidine rings is 1. The second kappa shape index (κ2) is 11.8. The maximum atomic E-state index is 13.8. The molecular formula is C26H35BF2N4O4. The van der Waals surface area contributed by atoms with Crippen LogP contribution in [0.15, 0.2) is 42.5 Å². The highest BCUT2D eigenvalue weighted by atomic mass is 19.3. The zero-order valence-corrected chi connectivity index (χ0v) is 21.3. The summed E-state index contributed by atoms with van der Waals surface area (Å²) in [6, 6.07) is 10.8. The molecule has 0 aromatic heterocycles. The van der Waals surface area contributed by atoms with Crippen LogP contribution in [-0.4, -0.2) is 77.3 Å². The van der Waals surface area contributed by atoms with Crippen LogP contribution in [0.1, 0.15) is 38.7 Å². The molecule has 3 rings (SSSR count). The van der Waals surface area contributed by atoms with E-state index in [1.807, 2.05) is 6.07 Å². The van der Waals surface area contributed by atoms with Crippen LogP contribution in [0.25, 0.3) is 0 Å². The van der Waals surface area contributed by atoms with E-state index in [2.05, 4.69) is 10.6 Å². The number of rotatable bonds is 10. The van der Waals surface area contributed by atoms with Gasteiger partial charge >= 0.3 is 7.12 Å². The number of amides is 1. The molecule has 3 unspecified atom stereocenters. The number of hydrogen-bond acceptors (Lipinski definition) is 7. The van der Waals surface area contributed by atoms with Gasteiger partial charge in [0.2, 0.25) is 11.3 Å². The van der Waals surface area contributed by atoms with E-state index in [4.69, 9.17) is 0 Å². The number of likely N-dealkylation sites (tertiary alicyclic amines) is 1. The second-order valence-electron chi connectivity index (χ2n) is 10.5. The van der Waals surface area contributed by atoms with Gasteiger partial charge in [-0.2, -0.15) is 5.26 Å². The smallest absolute Gasteiger partial charge is 0.426 e. The second-order valence-corrected chi connectivity index (χ2v) is 10.5. The van der Waals surface area contributed by atoms with E-state index in [1.54, 1.807) is 49.1 Å². The van der Waals surface area contributed by atoms with Crippen molar-refractivity contribution in [2.45, 2.75) is 56.9 Å². The third kappa shape index (κ3) is 6.82. The summed E-state index contributed by atoms with van der Waals surface area (Å²) in [6.07, 6.45) is 3.52. The molecule has 1 aromatic carbocycles. The molecule has 1 amide bonds. The molecule has 0 saturated carbocycles. The minimum absolute atomic E-state index is 0.0783. The fraction of sp³-hybridized carbons (Fsp3) is 0.577. The molecule has 2 heterocycles. The molecule has 37 heavy (non-hydrogen) atoms. The van der Waals surface area contributed by atoms with Crippen LogP contribution in [-0.2, 0) is 16.0 Å². The summed E-state index contributed by atoms with van der Waals surface area (Å²) in [7, 11) is -1.92. The van der Waals surface area contributed by atoms with Gasteiger partial charge in [-0.3, -0.25) is 14.5 Å². The van der Waals surface area contributed by atoms with Crippen molar-refractivity contribution in [1.29, 1.82) is 5.26 Å². The van der Waals surface area contributed by atoms with Crippen LogP contribution < -0.4 is 10.6 Å². The molecule has 8 nitrogen and oxygen atoms in total. The first-order valence-electron chi connectivity index (χ1n) is 12.6. The van der Waals surface area contributed by atoms with Crippen molar-refractivity contribution in [3.05, 3.63) is 48.0 Å². The zero-order chi connectivity index (χ0) is 27.3. The largest absolute Gasteiger partial charge is 0.475 e. The Kier molecular flexibility index (Phi) is 9.24. The molecule has 0 radical (unpaired) electrons. The SMILES string of the molecule is CC(C)(C=CC(=O)C(C#N)(C(=O)NC(Cc1ccccc1)B(O)O)C1CCCNC1)N1CCC(F)(F)C1. The first-order valence-corrected chi connectivity index (χ1v) is 12.6. The van der Waals surface area contributed by atoms with Crippen LogP contribution in [0.4, 0.5) is 8.78 Å². The average Bonchev–Trinajstić information content (AvgIpc) is 3.25. The van der Waals surface area contributed by atoms with Gasteiger partial charge < -0.3 is 20.7 Å². The van der Waals surface area contributed by atoms with Gasteiger partial charge in [0, 0.05) is 31.0 Å². The lowest BCUT2D eigenvalue weighted by atomic mass is 9.67. The predicted octanol–water partition coefficient (Wildman–Crippen LogP) is 1.48. The summed E-state index contributed by atoms with van der Waals surface area (Å²) in [4.78, 5) is 28.9. The first kappa shape index (κ1) is 28.9. The van der Waals surface area contributed by atoms with Gasteiger partial charge in [-0.1, -0.05) is 36.4 Å². The third-order valence-corrected chi connectivity index (χ3v) is 7.43. The van der Waals surface area contributed by atoms with E-state index >= 15 is 0 Å². The molecule has 2 aliphatic heterocycles. The molecule has 11 heteroatoms. The number of halogens is 2. The summed E-state index contributed by atoms with van der Waals surface area (Å²) >= 11 is 0. The first-order chi connectivity index (χ1) is 17.4. The Morgan fingerprint density at radius 1 is 1.35 bits per heavy atom. The summed E-state index contributed by atoms with van der Waals surface area (Å²) in [5.74, 6) is -6.28. The Bertz CT molecular complexity index is 1030. The predicted molar refractivity (Wildman–Crippen MR) is 135 cm³/mol. The summed E-state index contributed by atoms with van der Waals surface area (Å²) in [5, 5.41) is 35.9. The topological polar surface area (TPSA) is 126 Å². The van der Waals surface area contributed by atoms with Crippen molar-refractivity contribution in [1.82, 2.24) is 15.5 Å². The van der Waals surface area contributed by atoms with E-state index in [-0.39, 0.29) is 25.9 Å². The molecule has 1 aromatic rings.